The van der Waals surface area contributed by atoms with Crippen LogP contribution in [0.4, 0.5) is 9.18 Å². The van der Waals surface area contributed by atoms with Gasteiger partial charge in [0.15, 0.2) is 0 Å². The minimum Gasteiger partial charge on any atom is -0.298 e. The molecule has 6 heteroatoms. The van der Waals surface area contributed by atoms with E-state index in [-0.39, 0.29) is 16.4 Å². The molecular formula is C17H11FN2O2S. The predicted molar refractivity (Wildman–Crippen MR) is 89.1 cm³/mol. The zero-order valence-corrected chi connectivity index (χ0v) is 12.6. The minimum atomic E-state index is -0.621. The summed E-state index contributed by atoms with van der Waals surface area (Å²) in [6.45, 7) is 0. The van der Waals surface area contributed by atoms with Crippen LogP contribution in [0.3, 0.4) is 0 Å². The number of amides is 3. The van der Waals surface area contributed by atoms with Crippen LogP contribution < -0.4 is 10.6 Å². The molecule has 0 bridgehead atoms. The molecule has 1 saturated heterocycles. The Kier molecular flexibility index (Phi) is 3.99. The molecule has 2 aromatic rings. The maximum Gasteiger partial charge on any atom is 0.326 e. The Labute approximate surface area is 137 Å². The summed E-state index contributed by atoms with van der Waals surface area (Å²) in [6.07, 6.45) is 1.60. The van der Waals surface area contributed by atoms with Gasteiger partial charge < -0.3 is 0 Å². The second-order valence-electron chi connectivity index (χ2n) is 4.92. The molecule has 1 aliphatic heterocycles. The third-order valence-electron chi connectivity index (χ3n) is 3.34. The number of halogens is 1. The van der Waals surface area contributed by atoms with Crippen LogP contribution in [0.5, 0.6) is 0 Å². The molecule has 0 aromatic heterocycles. The summed E-state index contributed by atoms with van der Waals surface area (Å²) in [7, 11) is 0. The van der Waals surface area contributed by atoms with Gasteiger partial charge >= 0.3 is 6.03 Å². The van der Waals surface area contributed by atoms with Crippen LogP contribution in [0.25, 0.3) is 17.2 Å². The largest absolute Gasteiger partial charge is 0.326 e. The smallest absolute Gasteiger partial charge is 0.298 e. The van der Waals surface area contributed by atoms with Gasteiger partial charge in [-0.25, -0.2) is 9.18 Å². The van der Waals surface area contributed by atoms with Gasteiger partial charge in [-0.05, 0) is 34.9 Å². The Morgan fingerprint density at radius 1 is 0.870 bits per heavy atom. The maximum atomic E-state index is 12.9. The number of rotatable bonds is 2. The van der Waals surface area contributed by atoms with Gasteiger partial charge in [0, 0.05) is 0 Å². The van der Waals surface area contributed by atoms with Crippen molar-refractivity contribution in [2.24, 2.45) is 0 Å². The van der Waals surface area contributed by atoms with E-state index in [4.69, 9.17) is 12.2 Å². The number of hydrogen-bond acceptors (Lipinski definition) is 3. The highest BCUT2D eigenvalue weighted by Crippen LogP contribution is 2.21. The molecule has 2 N–H and O–H groups in total. The molecule has 2 aromatic carbocycles. The SMILES string of the molecule is O=C1NC(=O)/C(=C\c2ccc(-c3ccc(F)cc3)cc2)C(=S)N1. The lowest BCUT2D eigenvalue weighted by molar-refractivity contribution is -0.116. The quantitative estimate of drug-likeness (QED) is 0.659. The summed E-state index contributed by atoms with van der Waals surface area (Å²) < 4.78 is 12.9. The second-order valence-corrected chi connectivity index (χ2v) is 5.33. The average molecular weight is 326 g/mol. The van der Waals surface area contributed by atoms with Crippen molar-refractivity contribution < 1.29 is 14.0 Å². The summed E-state index contributed by atoms with van der Waals surface area (Å²) >= 11 is 5.00. The van der Waals surface area contributed by atoms with E-state index in [2.05, 4.69) is 10.6 Å². The third kappa shape index (κ3) is 3.32. The Morgan fingerprint density at radius 2 is 1.43 bits per heavy atom. The van der Waals surface area contributed by atoms with Crippen molar-refractivity contribution in [1.82, 2.24) is 10.6 Å². The van der Waals surface area contributed by atoms with E-state index in [9.17, 15) is 14.0 Å². The molecule has 0 radical (unpaired) electrons. The Bertz CT molecular complexity index is 805. The first-order valence-electron chi connectivity index (χ1n) is 6.77. The van der Waals surface area contributed by atoms with Crippen molar-refractivity contribution in [2.45, 2.75) is 0 Å². The molecule has 1 fully saturated rings. The van der Waals surface area contributed by atoms with Crippen molar-refractivity contribution in [3.05, 3.63) is 65.5 Å². The zero-order valence-electron chi connectivity index (χ0n) is 11.8. The highest BCUT2D eigenvalue weighted by molar-refractivity contribution is 7.81. The molecule has 114 valence electrons. The first-order chi connectivity index (χ1) is 11.0. The Balaban J connectivity index is 1.86. The molecule has 1 heterocycles. The van der Waals surface area contributed by atoms with Crippen molar-refractivity contribution >= 4 is 35.2 Å². The van der Waals surface area contributed by atoms with Crippen LogP contribution >= 0.6 is 12.2 Å². The van der Waals surface area contributed by atoms with Gasteiger partial charge in [0.25, 0.3) is 5.91 Å². The Hall–Kier alpha value is -2.86. The fraction of sp³-hybridized carbons (Fsp3) is 0. The van der Waals surface area contributed by atoms with E-state index in [0.717, 1.165) is 16.7 Å². The molecule has 3 rings (SSSR count). The number of imide groups is 1. The molecule has 0 unspecified atom stereocenters. The van der Waals surface area contributed by atoms with Crippen LogP contribution in [-0.2, 0) is 4.79 Å². The van der Waals surface area contributed by atoms with E-state index >= 15 is 0 Å². The predicted octanol–water partition coefficient (Wildman–Crippen LogP) is 3.04. The van der Waals surface area contributed by atoms with E-state index in [1.165, 1.54) is 12.1 Å². The topological polar surface area (TPSA) is 58.2 Å². The minimum absolute atomic E-state index is 0.0985. The van der Waals surface area contributed by atoms with Gasteiger partial charge in [0.2, 0.25) is 0 Å². The summed E-state index contributed by atoms with van der Waals surface area (Å²) in [5, 5.41) is 4.52. The van der Waals surface area contributed by atoms with E-state index in [1.54, 1.807) is 18.2 Å². The van der Waals surface area contributed by atoms with Crippen LogP contribution in [-0.4, -0.2) is 16.9 Å². The van der Waals surface area contributed by atoms with E-state index < -0.39 is 11.9 Å². The number of carbonyl (C=O) groups excluding carboxylic acids is 2. The van der Waals surface area contributed by atoms with E-state index in [0.29, 0.717) is 0 Å². The fourth-order valence-corrected chi connectivity index (χ4v) is 2.43. The molecule has 4 nitrogen and oxygen atoms in total. The molecular weight excluding hydrogens is 315 g/mol. The summed E-state index contributed by atoms with van der Waals surface area (Å²) in [5.41, 5.74) is 2.81. The molecule has 23 heavy (non-hydrogen) atoms. The number of benzene rings is 2. The molecule has 0 aliphatic carbocycles. The highest BCUT2D eigenvalue weighted by atomic mass is 32.1. The van der Waals surface area contributed by atoms with Gasteiger partial charge in [-0.15, -0.1) is 0 Å². The number of thiocarbonyl (C=S) groups is 1. The van der Waals surface area contributed by atoms with Crippen molar-refractivity contribution in [2.75, 3.05) is 0 Å². The fourth-order valence-electron chi connectivity index (χ4n) is 2.19. The monoisotopic (exact) mass is 326 g/mol. The molecule has 3 amide bonds. The van der Waals surface area contributed by atoms with E-state index in [1.807, 2.05) is 24.3 Å². The van der Waals surface area contributed by atoms with Crippen LogP contribution in [0, 0.1) is 5.82 Å². The van der Waals surface area contributed by atoms with Gasteiger partial charge in [-0.3, -0.25) is 15.4 Å². The summed E-state index contributed by atoms with van der Waals surface area (Å²) in [5.74, 6) is -0.810. The maximum absolute atomic E-state index is 12.9. The molecule has 0 saturated carbocycles. The van der Waals surface area contributed by atoms with Gasteiger partial charge in [0.05, 0.1) is 5.57 Å². The van der Waals surface area contributed by atoms with Crippen molar-refractivity contribution in [3.63, 3.8) is 0 Å². The average Bonchev–Trinajstić information content (AvgIpc) is 2.52. The number of hydrogen-bond donors (Lipinski definition) is 2. The van der Waals surface area contributed by atoms with Crippen LogP contribution in [0.15, 0.2) is 54.1 Å². The zero-order chi connectivity index (χ0) is 16.4. The van der Waals surface area contributed by atoms with Crippen LogP contribution in [0.2, 0.25) is 0 Å². The molecule has 0 atom stereocenters. The normalized spacial score (nSPS) is 16.2. The highest BCUT2D eigenvalue weighted by Gasteiger charge is 2.24. The summed E-state index contributed by atoms with van der Waals surface area (Å²) in [6, 6.07) is 12.9. The number of carbonyl (C=O) groups is 2. The lowest BCUT2D eigenvalue weighted by Crippen LogP contribution is -2.50. The van der Waals surface area contributed by atoms with Gasteiger partial charge in [0.1, 0.15) is 10.8 Å². The lowest BCUT2D eigenvalue weighted by atomic mass is 10.0. The standard InChI is InChI=1S/C17H11FN2O2S/c18-13-7-5-12(6-8-13)11-3-1-10(2-4-11)9-14-15(21)19-17(22)20-16(14)23/h1-9H,(H2,19,20,21,22,23)/b14-9+. The van der Waals surface area contributed by atoms with Crippen molar-refractivity contribution in [3.8, 4) is 11.1 Å². The molecule has 0 spiro atoms. The first kappa shape index (κ1) is 15.1. The van der Waals surface area contributed by atoms with Gasteiger partial charge in [-0.1, -0.05) is 48.6 Å². The second kappa shape index (κ2) is 6.10. The molecule has 1 aliphatic rings. The summed E-state index contributed by atoms with van der Waals surface area (Å²) in [4.78, 5) is 23.0. The first-order valence-corrected chi connectivity index (χ1v) is 7.18. The third-order valence-corrected chi connectivity index (χ3v) is 3.66. The lowest BCUT2D eigenvalue weighted by Gasteiger charge is -2.16. The number of nitrogens with one attached hydrogen (secondary N) is 2. The Morgan fingerprint density at radius 3 is 2.00 bits per heavy atom. The van der Waals surface area contributed by atoms with Crippen LogP contribution in [0.1, 0.15) is 5.56 Å². The van der Waals surface area contributed by atoms with Crippen molar-refractivity contribution in [1.29, 1.82) is 0 Å². The number of urea groups is 1. The van der Waals surface area contributed by atoms with Gasteiger partial charge in [-0.2, -0.15) is 0 Å².